The maximum Gasteiger partial charge on any atom is 0.209 e. The van der Waals surface area contributed by atoms with Crippen LogP contribution >= 0.6 is 0 Å². The second-order valence-corrected chi connectivity index (χ2v) is 2.86. The van der Waals surface area contributed by atoms with Gasteiger partial charge in [0.2, 0.25) is 12.2 Å². The molecule has 0 aliphatic carbocycles. The molecule has 16 heavy (non-hydrogen) atoms. The molecule has 5 nitrogen and oxygen atoms in total. The van der Waals surface area contributed by atoms with E-state index in [9.17, 15) is 0 Å². The van der Waals surface area contributed by atoms with Gasteiger partial charge in [0.15, 0.2) is 0 Å². The fourth-order valence-corrected chi connectivity index (χ4v) is 1.16. The SMILES string of the molecule is CC.CC.CN1CCN(C(N)=NC#N)CC1. The monoisotopic (exact) mass is 227 g/mol. The van der Waals surface area contributed by atoms with Crippen molar-refractivity contribution in [1.29, 1.82) is 5.26 Å². The standard InChI is InChI=1S/C7H13N5.2C2H6/c1-11-2-4-12(5-3-11)7(9)10-6-8;2*1-2/h2-5H2,1H3,(H2,9,10);2*1-2H3. The predicted molar refractivity (Wildman–Crippen MR) is 69.0 cm³/mol. The zero-order valence-corrected chi connectivity index (χ0v) is 11.2. The summed E-state index contributed by atoms with van der Waals surface area (Å²) in [5.74, 6) is 0.339. The minimum Gasteiger partial charge on any atom is -0.369 e. The predicted octanol–water partition coefficient (Wildman–Crippen LogP) is 1.08. The smallest absolute Gasteiger partial charge is 0.209 e. The molecule has 0 atom stereocenters. The first-order valence-corrected chi connectivity index (χ1v) is 5.90. The molecule has 1 heterocycles. The molecular formula is C11H25N5. The summed E-state index contributed by atoms with van der Waals surface area (Å²) in [5.41, 5.74) is 5.54. The number of piperazine rings is 1. The molecule has 0 aromatic rings. The minimum atomic E-state index is 0.339. The van der Waals surface area contributed by atoms with E-state index in [4.69, 9.17) is 11.0 Å². The summed E-state index contributed by atoms with van der Waals surface area (Å²) in [4.78, 5) is 7.62. The van der Waals surface area contributed by atoms with Crippen LogP contribution < -0.4 is 5.73 Å². The highest BCUT2D eigenvalue weighted by molar-refractivity contribution is 5.79. The van der Waals surface area contributed by atoms with Crippen LogP contribution in [-0.2, 0) is 0 Å². The number of rotatable bonds is 0. The van der Waals surface area contributed by atoms with Gasteiger partial charge in [0.05, 0.1) is 0 Å². The normalized spacial score (nSPS) is 16.2. The minimum absolute atomic E-state index is 0.339. The van der Waals surface area contributed by atoms with Gasteiger partial charge in [0.1, 0.15) is 0 Å². The first-order valence-electron chi connectivity index (χ1n) is 5.90. The van der Waals surface area contributed by atoms with Gasteiger partial charge in [0, 0.05) is 26.2 Å². The lowest BCUT2D eigenvalue weighted by Gasteiger charge is -2.32. The Kier molecular flexibility index (Phi) is 12.6. The molecule has 1 aliphatic heterocycles. The molecule has 1 saturated heterocycles. The molecule has 1 aliphatic rings. The highest BCUT2D eigenvalue weighted by Gasteiger charge is 2.14. The summed E-state index contributed by atoms with van der Waals surface area (Å²) in [6, 6.07) is 0. The van der Waals surface area contributed by atoms with Gasteiger partial charge >= 0.3 is 0 Å². The first kappa shape index (κ1) is 17.1. The van der Waals surface area contributed by atoms with Crippen molar-refractivity contribution in [1.82, 2.24) is 9.80 Å². The summed E-state index contributed by atoms with van der Waals surface area (Å²) in [5, 5.41) is 8.26. The van der Waals surface area contributed by atoms with E-state index in [-0.39, 0.29) is 0 Å². The molecule has 0 aromatic heterocycles. The van der Waals surface area contributed by atoms with Gasteiger partial charge in [-0.05, 0) is 7.05 Å². The summed E-state index contributed by atoms with van der Waals surface area (Å²) in [6.45, 7) is 11.7. The number of likely N-dealkylation sites (N-methyl/N-ethyl adjacent to an activating group) is 1. The van der Waals surface area contributed by atoms with E-state index in [1.165, 1.54) is 0 Å². The molecular weight excluding hydrogens is 202 g/mol. The van der Waals surface area contributed by atoms with Crippen LogP contribution in [-0.4, -0.2) is 49.0 Å². The van der Waals surface area contributed by atoms with Crippen molar-refractivity contribution in [3.8, 4) is 6.19 Å². The van der Waals surface area contributed by atoms with Crippen LogP contribution in [0.3, 0.4) is 0 Å². The van der Waals surface area contributed by atoms with Gasteiger partial charge < -0.3 is 15.5 Å². The molecule has 1 rings (SSSR count). The van der Waals surface area contributed by atoms with Crippen LogP contribution in [0.2, 0.25) is 0 Å². The lowest BCUT2D eigenvalue weighted by Crippen LogP contribution is -2.49. The summed E-state index contributed by atoms with van der Waals surface area (Å²) >= 11 is 0. The Labute approximate surface area is 99.5 Å². The van der Waals surface area contributed by atoms with Gasteiger partial charge in [-0.15, -0.1) is 4.99 Å². The Balaban J connectivity index is 0. The highest BCUT2D eigenvalue weighted by atomic mass is 15.3. The molecule has 0 saturated carbocycles. The van der Waals surface area contributed by atoms with E-state index in [2.05, 4.69) is 16.9 Å². The molecule has 1 fully saturated rings. The third-order valence-corrected chi connectivity index (χ3v) is 1.99. The quantitative estimate of drug-likeness (QED) is 0.382. The Morgan fingerprint density at radius 1 is 1.12 bits per heavy atom. The average Bonchev–Trinajstić information content (AvgIpc) is 2.35. The van der Waals surface area contributed by atoms with Gasteiger partial charge in [-0.25, -0.2) is 0 Å². The van der Waals surface area contributed by atoms with Gasteiger partial charge in [-0.1, -0.05) is 27.7 Å². The zero-order valence-electron chi connectivity index (χ0n) is 11.2. The van der Waals surface area contributed by atoms with Gasteiger partial charge in [-0.2, -0.15) is 5.26 Å². The highest BCUT2D eigenvalue weighted by Crippen LogP contribution is 1.97. The van der Waals surface area contributed by atoms with Crippen molar-refractivity contribution in [3.63, 3.8) is 0 Å². The molecule has 0 aromatic carbocycles. The Morgan fingerprint density at radius 2 is 1.56 bits per heavy atom. The van der Waals surface area contributed by atoms with Gasteiger partial charge in [0.25, 0.3) is 0 Å². The summed E-state index contributed by atoms with van der Waals surface area (Å²) in [6.07, 6.45) is 1.68. The van der Waals surface area contributed by atoms with Crippen molar-refractivity contribution < 1.29 is 0 Å². The molecule has 0 amide bonds. The maximum atomic E-state index is 8.26. The van der Waals surface area contributed by atoms with Crippen molar-refractivity contribution in [2.45, 2.75) is 27.7 Å². The van der Waals surface area contributed by atoms with Crippen LogP contribution in [0, 0.1) is 11.5 Å². The number of nitriles is 1. The number of nitrogens with zero attached hydrogens (tertiary/aromatic N) is 4. The summed E-state index contributed by atoms with van der Waals surface area (Å²) in [7, 11) is 2.06. The van der Waals surface area contributed by atoms with Crippen molar-refractivity contribution in [2.24, 2.45) is 10.7 Å². The number of guanidine groups is 1. The largest absolute Gasteiger partial charge is 0.369 e. The number of nitrogens with two attached hydrogens (primary N) is 1. The molecule has 0 bridgehead atoms. The summed E-state index contributed by atoms with van der Waals surface area (Å²) < 4.78 is 0. The second kappa shape index (κ2) is 11.8. The molecule has 5 heteroatoms. The topological polar surface area (TPSA) is 68.7 Å². The van der Waals surface area contributed by atoms with E-state index in [0.717, 1.165) is 26.2 Å². The average molecular weight is 227 g/mol. The van der Waals surface area contributed by atoms with Crippen molar-refractivity contribution >= 4 is 5.96 Å². The Morgan fingerprint density at radius 3 is 1.94 bits per heavy atom. The fourth-order valence-electron chi connectivity index (χ4n) is 1.16. The third kappa shape index (κ3) is 7.07. The molecule has 0 radical (unpaired) electrons. The molecule has 2 N–H and O–H groups in total. The van der Waals surface area contributed by atoms with E-state index < -0.39 is 0 Å². The van der Waals surface area contributed by atoms with E-state index in [1.807, 2.05) is 32.6 Å². The number of hydrogen-bond donors (Lipinski definition) is 1. The molecule has 94 valence electrons. The van der Waals surface area contributed by atoms with Crippen molar-refractivity contribution in [2.75, 3.05) is 33.2 Å². The van der Waals surface area contributed by atoms with E-state index in [1.54, 1.807) is 6.19 Å². The fraction of sp³-hybridized carbons (Fsp3) is 0.818. The third-order valence-electron chi connectivity index (χ3n) is 1.99. The number of aliphatic imine (C=N–C) groups is 1. The Hall–Kier alpha value is -1.28. The Bertz CT molecular complexity index is 211. The lowest BCUT2D eigenvalue weighted by molar-refractivity contribution is 0.214. The zero-order chi connectivity index (χ0) is 13.0. The van der Waals surface area contributed by atoms with Crippen molar-refractivity contribution in [3.05, 3.63) is 0 Å². The van der Waals surface area contributed by atoms with E-state index in [0.29, 0.717) is 5.96 Å². The lowest BCUT2D eigenvalue weighted by atomic mass is 10.3. The van der Waals surface area contributed by atoms with E-state index >= 15 is 0 Å². The first-order chi connectivity index (χ1) is 7.74. The molecule has 0 unspecified atom stereocenters. The van der Waals surface area contributed by atoms with Crippen LogP contribution in [0.25, 0.3) is 0 Å². The maximum absolute atomic E-state index is 8.26. The van der Waals surface area contributed by atoms with Crippen LogP contribution in [0.1, 0.15) is 27.7 Å². The number of hydrogen-bond acceptors (Lipinski definition) is 3. The second-order valence-electron chi connectivity index (χ2n) is 2.86. The van der Waals surface area contributed by atoms with Crippen LogP contribution in [0.5, 0.6) is 0 Å². The molecule has 0 spiro atoms. The van der Waals surface area contributed by atoms with Gasteiger partial charge in [-0.3, -0.25) is 0 Å². The van der Waals surface area contributed by atoms with Crippen LogP contribution in [0.4, 0.5) is 0 Å². The van der Waals surface area contributed by atoms with Crippen LogP contribution in [0.15, 0.2) is 4.99 Å².